The molecule has 0 fully saturated rings. The molecule has 2 aromatic carbocycles. The molecule has 0 saturated heterocycles. The predicted molar refractivity (Wildman–Crippen MR) is 111 cm³/mol. The van der Waals surface area contributed by atoms with E-state index in [1.54, 1.807) is 30.5 Å². The van der Waals surface area contributed by atoms with Crippen LogP contribution in [0.25, 0.3) is 11.1 Å². The summed E-state index contributed by atoms with van der Waals surface area (Å²) < 4.78 is 33.5. The van der Waals surface area contributed by atoms with Crippen molar-refractivity contribution in [2.45, 2.75) is 18.0 Å². The Morgan fingerprint density at radius 2 is 1.54 bits per heavy atom. The fourth-order valence-corrected chi connectivity index (χ4v) is 5.16. The molecule has 0 unspecified atom stereocenters. The Morgan fingerprint density at radius 1 is 0.786 bits per heavy atom. The van der Waals surface area contributed by atoms with Gasteiger partial charge in [0.2, 0.25) is 10.0 Å². The summed E-state index contributed by atoms with van der Waals surface area (Å²) in [7, 11) is -3.67. The second-order valence-electron chi connectivity index (χ2n) is 6.32. The Hall–Kier alpha value is -2.67. The Bertz CT molecular complexity index is 1070. The first-order chi connectivity index (χ1) is 13.6. The summed E-state index contributed by atoms with van der Waals surface area (Å²) in [6, 6.07) is 24.3. The zero-order chi connectivity index (χ0) is 19.4. The van der Waals surface area contributed by atoms with E-state index in [-0.39, 0.29) is 11.4 Å². The van der Waals surface area contributed by atoms with Gasteiger partial charge in [-0.2, -0.15) is 4.31 Å². The number of hydrogen-bond donors (Lipinski definition) is 0. The van der Waals surface area contributed by atoms with Gasteiger partial charge >= 0.3 is 0 Å². The number of hydrogen-bond acceptors (Lipinski definition) is 4. The zero-order valence-electron chi connectivity index (χ0n) is 15.1. The minimum Gasteiger partial charge on any atom is -0.468 e. The monoisotopic (exact) mass is 409 g/mol. The fourth-order valence-electron chi connectivity index (χ4n) is 2.98. The van der Waals surface area contributed by atoms with Crippen molar-refractivity contribution >= 4 is 21.4 Å². The van der Waals surface area contributed by atoms with Gasteiger partial charge in [-0.15, -0.1) is 11.3 Å². The number of nitrogens with zero attached hydrogens (tertiary/aromatic N) is 1. The van der Waals surface area contributed by atoms with E-state index in [1.165, 1.54) is 15.6 Å². The van der Waals surface area contributed by atoms with Crippen LogP contribution in [0.1, 0.15) is 10.6 Å². The summed E-state index contributed by atoms with van der Waals surface area (Å²) >= 11 is 1.54. The van der Waals surface area contributed by atoms with E-state index >= 15 is 0 Å². The molecule has 142 valence electrons. The maximum absolute atomic E-state index is 13.3. The highest BCUT2D eigenvalue weighted by Gasteiger charge is 2.26. The molecular weight excluding hydrogens is 390 g/mol. The van der Waals surface area contributed by atoms with E-state index in [2.05, 4.69) is 0 Å². The summed E-state index contributed by atoms with van der Waals surface area (Å²) in [5, 5.41) is 1.95. The third-order valence-corrected chi connectivity index (χ3v) is 7.09. The SMILES string of the molecule is O=S(=O)(c1ccc(-c2ccccc2)cc1)N(Cc1ccco1)Cc1cccs1. The lowest BCUT2D eigenvalue weighted by Gasteiger charge is -2.21. The van der Waals surface area contributed by atoms with Crippen LogP contribution < -0.4 is 0 Å². The third-order valence-electron chi connectivity index (χ3n) is 4.42. The quantitative estimate of drug-likeness (QED) is 0.411. The lowest BCUT2D eigenvalue weighted by atomic mass is 10.1. The van der Waals surface area contributed by atoms with Crippen LogP contribution in [0.2, 0.25) is 0 Å². The molecule has 0 spiro atoms. The summed E-state index contributed by atoms with van der Waals surface area (Å²) in [4.78, 5) is 1.26. The normalized spacial score (nSPS) is 11.8. The van der Waals surface area contributed by atoms with Crippen molar-refractivity contribution in [1.29, 1.82) is 0 Å². The molecule has 0 bridgehead atoms. The summed E-state index contributed by atoms with van der Waals surface area (Å²) in [5.41, 5.74) is 2.04. The standard InChI is InChI=1S/C22H19NO3S2/c24-28(25,22-12-10-19(11-13-22)18-6-2-1-3-7-18)23(16-20-8-4-14-26-20)17-21-9-5-15-27-21/h1-15H,16-17H2. The van der Waals surface area contributed by atoms with E-state index in [9.17, 15) is 8.42 Å². The van der Waals surface area contributed by atoms with Gasteiger partial charge in [-0.25, -0.2) is 8.42 Å². The first-order valence-corrected chi connectivity index (χ1v) is 11.2. The summed E-state index contributed by atoms with van der Waals surface area (Å²) in [6.45, 7) is 0.495. The predicted octanol–water partition coefficient (Wildman–Crippen LogP) is 5.40. The molecule has 6 heteroatoms. The molecule has 2 aromatic heterocycles. The van der Waals surface area contributed by atoms with Crippen molar-refractivity contribution in [2.75, 3.05) is 0 Å². The Labute approximate surface area is 168 Å². The van der Waals surface area contributed by atoms with Gasteiger partial charge in [-0.1, -0.05) is 48.5 Å². The van der Waals surface area contributed by atoms with Gasteiger partial charge in [-0.05, 0) is 46.8 Å². The van der Waals surface area contributed by atoms with Gasteiger partial charge in [0.1, 0.15) is 5.76 Å². The van der Waals surface area contributed by atoms with Crippen molar-refractivity contribution in [2.24, 2.45) is 0 Å². The number of benzene rings is 2. The van der Waals surface area contributed by atoms with Crippen molar-refractivity contribution in [3.05, 3.63) is 101 Å². The number of sulfonamides is 1. The molecule has 0 atom stereocenters. The Balaban J connectivity index is 1.64. The van der Waals surface area contributed by atoms with Gasteiger partial charge in [-0.3, -0.25) is 0 Å². The van der Waals surface area contributed by atoms with E-state index in [0.29, 0.717) is 12.3 Å². The van der Waals surface area contributed by atoms with E-state index < -0.39 is 10.0 Å². The van der Waals surface area contributed by atoms with Gasteiger partial charge in [0, 0.05) is 11.4 Å². The van der Waals surface area contributed by atoms with Crippen LogP contribution in [-0.2, 0) is 23.1 Å². The summed E-state index contributed by atoms with van der Waals surface area (Å²) in [6.07, 6.45) is 1.56. The molecule has 0 amide bonds. The Morgan fingerprint density at radius 3 is 2.18 bits per heavy atom. The van der Waals surface area contributed by atoms with Crippen LogP contribution in [0.5, 0.6) is 0 Å². The molecule has 28 heavy (non-hydrogen) atoms. The minimum absolute atomic E-state index is 0.188. The van der Waals surface area contributed by atoms with Crippen molar-refractivity contribution < 1.29 is 12.8 Å². The van der Waals surface area contributed by atoms with Crippen molar-refractivity contribution in [3.63, 3.8) is 0 Å². The maximum atomic E-state index is 13.3. The second-order valence-corrected chi connectivity index (χ2v) is 9.29. The van der Waals surface area contributed by atoms with Crippen LogP contribution in [0, 0.1) is 0 Å². The molecular formula is C22H19NO3S2. The van der Waals surface area contributed by atoms with Crippen LogP contribution in [0.3, 0.4) is 0 Å². The van der Waals surface area contributed by atoms with Gasteiger partial charge < -0.3 is 4.42 Å². The van der Waals surface area contributed by atoms with Crippen LogP contribution >= 0.6 is 11.3 Å². The topological polar surface area (TPSA) is 50.5 Å². The second kappa shape index (κ2) is 8.14. The number of thiophene rings is 1. The summed E-state index contributed by atoms with van der Waals surface area (Å²) in [5.74, 6) is 0.612. The third kappa shape index (κ3) is 4.09. The fraction of sp³-hybridized carbons (Fsp3) is 0.0909. The first-order valence-electron chi connectivity index (χ1n) is 8.83. The first kappa shape index (κ1) is 18.7. The molecule has 0 N–H and O–H groups in total. The van der Waals surface area contributed by atoms with E-state index in [1.807, 2.05) is 60.0 Å². The highest BCUT2D eigenvalue weighted by molar-refractivity contribution is 7.89. The van der Waals surface area contributed by atoms with E-state index in [4.69, 9.17) is 4.42 Å². The average Bonchev–Trinajstić information content (AvgIpc) is 3.43. The molecule has 0 radical (unpaired) electrons. The lowest BCUT2D eigenvalue weighted by molar-refractivity contribution is 0.360. The van der Waals surface area contributed by atoms with E-state index in [0.717, 1.165) is 16.0 Å². The number of rotatable bonds is 7. The molecule has 4 nitrogen and oxygen atoms in total. The highest BCUT2D eigenvalue weighted by Crippen LogP contribution is 2.26. The Kier molecular flexibility index (Phi) is 5.43. The molecule has 4 rings (SSSR count). The van der Waals surface area contributed by atoms with Gasteiger partial charge in [0.15, 0.2) is 0 Å². The van der Waals surface area contributed by atoms with Gasteiger partial charge in [0.05, 0.1) is 17.7 Å². The smallest absolute Gasteiger partial charge is 0.243 e. The minimum atomic E-state index is -3.67. The lowest BCUT2D eigenvalue weighted by Crippen LogP contribution is -2.29. The molecule has 0 saturated carbocycles. The molecule has 0 aliphatic rings. The molecule has 0 aliphatic carbocycles. The zero-order valence-corrected chi connectivity index (χ0v) is 16.7. The largest absolute Gasteiger partial charge is 0.468 e. The van der Waals surface area contributed by atoms with Gasteiger partial charge in [0.25, 0.3) is 0 Å². The maximum Gasteiger partial charge on any atom is 0.243 e. The van der Waals surface area contributed by atoms with Crippen molar-refractivity contribution in [1.82, 2.24) is 4.31 Å². The molecule has 2 heterocycles. The van der Waals surface area contributed by atoms with Crippen LogP contribution in [-0.4, -0.2) is 12.7 Å². The highest BCUT2D eigenvalue weighted by atomic mass is 32.2. The van der Waals surface area contributed by atoms with Crippen molar-refractivity contribution in [3.8, 4) is 11.1 Å². The number of furan rings is 1. The molecule has 4 aromatic rings. The van der Waals surface area contributed by atoms with Crippen LogP contribution in [0.4, 0.5) is 0 Å². The average molecular weight is 410 g/mol. The van der Waals surface area contributed by atoms with Crippen LogP contribution in [0.15, 0.2) is 99.8 Å². The molecule has 0 aliphatic heterocycles.